The van der Waals surface area contributed by atoms with Gasteiger partial charge in [-0.05, 0) is 19.9 Å². The molecule has 0 amide bonds. The van der Waals surface area contributed by atoms with Gasteiger partial charge in [-0.25, -0.2) is 20.2 Å². The molecule has 0 fully saturated rings. The molecule has 1 heterocycles. The predicted molar refractivity (Wildman–Crippen MR) is 72.4 cm³/mol. The molecule has 0 saturated carbocycles. The van der Waals surface area contributed by atoms with Crippen LogP contribution in [-0.2, 0) is 0 Å². The molecule has 0 aliphatic carbocycles. The molecule has 21 heavy (non-hydrogen) atoms. The zero-order valence-corrected chi connectivity index (χ0v) is 11.3. The number of nitrogens with zero attached hydrogens (tertiary/aromatic N) is 3. The first kappa shape index (κ1) is 14.6. The molecule has 0 radical (unpaired) electrons. The van der Waals surface area contributed by atoms with Crippen molar-refractivity contribution in [3.63, 3.8) is 0 Å². The number of nitro benzene ring substituents is 1. The molecule has 1 aromatic carbocycles. The van der Waals surface area contributed by atoms with E-state index in [0.29, 0.717) is 11.4 Å². The number of aromatic nitrogens is 2. The van der Waals surface area contributed by atoms with Gasteiger partial charge in [-0.15, -0.1) is 0 Å². The summed E-state index contributed by atoms with van der Waals surface area (Å²) in [6, 6.07) is 2.05. The smallest absolute Gasteiger partial charge is 0.275 e. The van der Waals surface area contributed by atoms with Crippen LogP contribution in [-0.4, -0.2) is 14.9 Å². The van der Waals surface area contributed by atoms with Crippen molar-refractivity contribution in [2.75, 3.05) is 5.43 Å². The Labute approximate surface area is 118 Å². The highest BCUT2D eigenvalue weighted by molar-refractivity contribution is 5.50. The number of nitro groups is 1. The third kappa shape index (κ3) is 2.87. The van der Waals surface area contributed by atoms with E-state index in [0.717, 1.165) is 6.07 Å². The topological polar surface area (TPSA) is 116 Å². The summed E-state index contributed by atoms with van der Waals surface area (Å²) in [5.41, 5.74) is 2.80. The molecule has 2 rings (SSSR count). The zero-order chi connectivity index (χ0) is 15.6. The Bertz CT molecular complexity index is 708. The summed E-state index contributed by atoms with van der Waals surface area (Å²) in [7, 11) is 0. The van der Waals surface area contributed by atoms with E-state index in [1.54, 1.807) is 6.92 Å². The Hall–Kier alpha value is -2.81. The lowest BCUT2D eigenvalue weighted by Crippen LogP contribution is -2.11. The van der Waals surface area contributed by atoms with Crippen molar-refractivity contribution < 1.29 is 14.1 Å². The maximum Gasteiger partial charge on any atom is 0.275 e. The van der Waals surface area contributed by atoms with E-state index in [2.05, 4.69) is 15.4 Å². The van der Waals surface area contributed by atoms with Gasteiger partial charge in [-0.2, -0.15) is 0 Å². The minimum absolute atomic E-state index is 0.102. The number of halogens is 1. The number of nitrogen functional groups attached to an aromatic ring is 1. The molecule has 0 spiro atoms. The third-order valence-electron chi connectivity index (χ3n) is 2.83. The van der Waals surface area contributed by atoms with Gasteiger partial charge in [-0.1, -0.05) is 0 Å². The van der Waals surface area contributed by atoms with E-state index in [1.165, 1.54) is 19.3 Å². The van der Waals surface area contributed by atoms with Gasteiger partial charge in [0.15, 0.2) is 11.6 Å². The standard InChI is InChI=1S/C12H12FN5O3/c1-6-3-10(8(13)4-9(6)18(19)20)21-12-7(2)11(17-14)15-5-16-12/h3-5H,14H2,1-2H3,(H,15,16,17). The first-order valence-corrected chi connectivity index (χ1v) is 5.84. The van der Waals surface area contributed by atoms with Crippen LogP contribution in [0.5, 0.6) is 11.6 Å². The second kappa shape index (κ2) is 5.67. The van der Waals surface area contributed by atoms with E-state index in [4.69, 9.17) is 10.6 Å². The van der Waals surface area contributed by atoms with Gasteiger partial charge in [0.25, 0.3) is 5.69 Å². The van der Waals surface area contributed by atoms with Crippen molar-refractivity contribution >= 4 is 11.5 Å². The van der Waals surface area contributed by atoms with Gasteiger partial charge < -0.3 is 10.2 Å². The highest BCUT2D eigenvalue weighted by Crippen LogP contribution is 2.31. The molecule has 0 atom stereocenters. The van der Waals surface area contributed by atoms with E-state index in [9.17, 15) is 14.5 Å². The van der Waals surface area contributed by atoms with E-state index in [1.807, 2.05) is 0 Å². The SMILES string of the molecule is Cc1cc(Oc2ncnc(NN)c2C)c(F)cc1[N+](=O)[O-]. The van der Waals surface area contributed by atoms with Crippen molar-refractivity contribution in [2.24, 2.45) is 5.84 Å². The number of ether oxygens (including phenoxy) is 1. The quantitative estimate of drug-likeness (QED) is 0.504. The summed E-state index contributed by atoms with van der Waals surface area (Å²) in [5, 5.41) is 10.7. The lowest BCUT2D eigenvalue weighted by Gasteiger charge is -2.11. The van der Waals surface area contributed by atoms with Crippen LogP contribution in [0.1, 0.15) is 11.1 Å². The second-order valence-corrected chi connectivity index (χ2v) is 4.23. The lowest BCUT2D eigenvalue weighted by atomic mass is 10.2. The first-order valence-electron chi connectivity index (χ1n) is 5.84. The van der Waals surface area contributed by atoms with E-state index < -0.39 is 10.7 Å². The summed E-state index contributed by atoms with van der Waals surface area (Å²) in [4.78, 5) is 17.8. The maximum atomic E-state index is 13.9. The van der Waals surface area contributed by atoms with Crippen LogP contribution in [0.2, 0.25) is 0 Å². The molecular formula is C12H12FN5O3. The average Bonchev–Trinajstić information content (AvgIpc) is 2.44. The van der Waals surface area contributed by atoms with E-state index in [-0.39, 0.29) is 22.9 Å². The fourth-order valence-electron chi connectivity index (χ4n) is 1.71. The van der Waals surface area contributed by atoms with Crippen LogP contribution in [0.15, 0.2) is 18.5 Å². The number of hydrogen-bond acceptors (Lipinski definition) is 7. The highest BCUT2D eigenvalue weighted by Gasteiger charge is 2.18. The molecule has 0 aliphatic rings. The van der Waals surface area contributed by atoms with Gasteiger partial charge in [0.05, 0.1) is 16.6 Å². The van der Waals surface area contributed by atoms with Gasteiger partial charge in [0, 0.05) is 5.56 Å². The molecule has 0 bridgehead atoms. The fraction of sp³-hybridized carbons (Fsp3) is 0.167. The summed E-state index contributed by atoms with van der Waals surface area (Å²) >= 11 is 0. The van der Waals surface area contributed by atoms with Crippen LogP contribution in [0, 0.1) is 29.8 Å². The van der Waals surface area contributed by atoms with Crippen LogP contribution in [0.4, 0.5) is 15.9 Å². The normalized spacial score (nSPS) is 10.3. The molecule has 3 N–H and O–H groups in total. The highest BCUT2D eigenvalue weighted by atomic mass is 19.1. The minimum Gasteiger partial charge on any atom is -0.435 e. The van der Waals surface area contributed by atoms with Crippen molar-refractivity contribution in [3.8, 4) is 11.6 Å². The lowest BCUT2D eigenvalue weighted by molar-refractivity contribution is -0.385. The van der Waals surface area contributed by atoms with E-state index >= 15 is 0 Å². The van der Waals surface area contributed by atoms with Gasteiger partial charge >= 0.3 is 0 Å². The van der Waals surface area contributed by atoms with Crippen molar-refractivity contribution in [1.29, 1.82) is 0 Å². The number of nitrogens with one attached hydrogen (secondary N) is 1. The molecule has 8 nitrogen and oxygen atoms in total. The Morgan fingerprint density at radius 1 is 1.38 bits per heavy atom. The Morgan fingerprint density at radius 3 is 2.71 bits per heavy atom. The molecule has 9 heteroatoms. The maximum absolute atomic E-state index is 13.9. The van der Waals surface area contributed by atoms with Crippen LogP contribution in [0.3, 0.4) is 0 Å². The summed E-state index contributed by atoms with van der Waals surface area (Å²) < 4.78 is 19.2. The number of hydrogen-bond donors (Lipinski definition) is 2. The zero-order valence-electron chi connectivity index (χ0n) is 11.3. The largest absolute Gasteiger partial charge is 0.435 e. The van der Waals surface area contributed by atoms with Gasteiger partial charge in [0.1, 0.15) is 12.1 Å². The Kier molecular flexibility index (Phi) is 3.94. The Balaban J connectivity index is 2.41. The van der Waals surface area contributed by atoms with Crippen LogP contribution in [0.25, 0.3) is 0 Å². The number of benzene rings is 1. The van der Waals surface area contributed by atoms with Gasteiger partial charge in [0.2, 0.25) is 5.88 Å². The number of hydrazine groups is 1. The van der Waals surface area contributed by atoms with Crippen molar-refractivity contribution in [1.82, 2.24) is 9.97 Å². The molecular weight excluding hydrogens is 281 g/mol. The number of anilines is 1. The van der Waals surface area contributed by atoms with Crippen LogP contribution < -0.4 is 16.0 Å². The van der Waals surface area contributed by atoms with Gasteiger partial charge in [-0.3, -0.25) is 10.1 Å². The summed E-state index contributed by atoms with van der Waals surface area (Å²) in [6.45, 7) is 3.13. The predicted octanol–water partition coefficient (Wildman–Crippen LogP) is 2.22. The fourth-order valence-corrected chi connectivity index (χ4v) is 1.71. The molecule has 0 saturated heterocycles. The monoisotopic (exact) mass is 293 g/mol. The molecule has 110 valence electrons. The average molecular weight is 293 g/mol. The van der Waals surface area contributed by atoms with Crippen molar-refractivity contribution in [3.05, 3.63) is 45.5 Å². The molecule has 1 aromatic heterocycles. The first-order chi connectivity index (χ1) is 9.93. The number of nitrogens with two attached hydrogens (primary N) is 1. The summed E-state index contributed by atoms with van der Waals surface area (Å²) in [5.74, 6) is 4.69. The third-order valence-corrected chi connectivity index (χ3v) is 2.83. The van der Waals surface area contributed by atoms with Crippen LogP contribution >= 0.6 is 0 Å². The number of rotatable bonds is 4. The molecule has 0 aliphatic heterocycles. The Morgan fingerprint density at radius 2 is 2.10 bits per heavy atom. The second-order valence-electron chi connectivity index (χ2n) is 4.23. The summed E-state index contributed by atoms with van der Waals surface area (Å²) in [6.07, 6.45) is 1.20. The molecule has 0 unspecified atom stereocenters. The number of aryl methyl sites for hydroxylation is 1. The van der Waals surface area contributed by atoms with Crippen molar-refractivity contribution in [2.45, 2.75) is 13.8 Å². The minimum atomic E-state index is -0.854. The molecule has 2 aromatic rings.